The number of hydrogen-bond donors (Lipinski definition) is 2. The van der Waals surface area contributed by atoms with Crippen molar-refractivity contribution >= 4 is 41.6 Å². The summed E-state index contributed by atoms with van der Waals surface area (Å²) < 4.78 is 4.90. The fourth-order valence-corrected chi connectivity index (χ4v) is 2.33. The molecule has 6 heteroatoms. The number of aliphatic imine (C=N–C) groups is 1. The van der Waals surface area contributed by atoms with Crippen LogP contribution in [-0.2, 0) is 9.53 Å². The molecule has 0 heterocycles. The van der Waals surface area contributed by atoms with E-state index < -0.39 is 0 Å². The van der Waals surface area contributed by atoms with Crippen LogP contribution in [-0.4, -0.2) is 25.1 Å². The van der Waals surface area contributed by atoms with Crippen LogP contribution in [0, 0.1) is 0 Å². The van der Waals surface area contributed by atoms with E-state index in [0.717, 1.165) is 31.4 Å². The number of esters is 1. The van der Waals surface area contributed by atoms with Crippen molar-refractivity contribution in [2.45, 2.75) is 58.8 Å². The van der Waals surface area contributed by atoms with Crippen LogP contribution < -0.4 is 11.1 Å². The predicted molar refractivity (Wildman–Crippen MR) is 116 cm³/mol. The monoisotopic (exact) mass is 461 g/mol. The van der Waals surface area contributed by atoms with Crippen LogP contribution in [0.1, 0.15) is 64.4 Å². The van der Waals surface area contributed by atoms with Crippen molar-refractivity contribution in [3.63, 3.8) is 0 Å². The summed E-state index contributed by atoms with van der Waals surface area (Å²) in [7, 11) is 0. The van der Waals surface area contributed by atoms with Crippen LogP contribution in [0.25, 0.3) is 0 Å². The summed E-state index contributed by atoms with van der Waals surface area (Å²) in [5.41, 5.74) is 8.17. The van der Waals surface area contributed by atoms with E-state index in [4.69, 9.17) is 10.5 Å². The molecule has 1 aromatic carbocycles. The van der Waals surface area contributed by atoms with Crippen LogP contribution in [0.2, 0.25) is 0 Å². The Balaban J connectivity index is 0.00000576. The molecule has 0 aromatic heterocycles. The highest BCUT2D eigenvalue weighted by atomic mass is 127. The summed E-state index contributed by atoms with van der Waals surface area (Å²) in [6.45, 7) is 7.31. The lowest BCUT2D eigenvalue weighted by Crippen LogP contribution is -2.22. The largest absolute Gasteiger partial charge is 0.466 e. The standard InChI is InChI=1S/C19H31N3O2.HI/c1-4-24-18(23)12-7-5-6-8-13-21-19(20)22-17-11-9-10-16(14-17)15(2)3;/h9-11,14-15H,4-8,12-13H2,1-3H3,(H3,20,21,22);1H. The number of carbonyl (C=O) groups is 1. The predicted octanol–water partition coefficient (Wildman–Crippen LogP) is 4.67. The molecule has 0 spiro atoms. The Morgan fingerprint density at radius 2 is 1.96 bits per heavy atom. The van der Waals surface area contributed by atoms with Crippen molar-refractivity contribution < 1.29 is 9.53 Å². The van der Waals surface area contributed by atoms with Gasteiger partial charge in [-0.3, -0.25) is 9.79 Å². The molecule has 0 radical (unpaired) electrons. The molecule has 3 N–H and O–H groups in total. The first kappa shape index (κ1) is 23.7. The van der Waals surface area contributed by atoms with Gasteiger partial charge in [0, 0.05) is 18.7 Å². The molecule has 1 aromatic rings. The third-order valence-electron chi connectivity index (χ3n) is 3.70. The number of nitrogens with zero attached hydrogens (tertiary/aromatic N) is 1. The first-order valence-corrected chi connectivity index (χ1v) is 8.85. The number of rotatable bonds is 10. The third-order valence-corrected chi connectivity index (χ3v) is 3.70. The van der Waals surface area contributed by atoms with Gasteiger partial charge in [0.25, 0.3) is 0 Å². The molecular formula is C19H32IN3O2. The molecule has 1 rings (SSSR count). The highest BCUT2D eigenvalue weighted by molar-refractivity contribution is 14.0. The van der Waals surface area contributed by atoms with E-state index in [-0.39, 0.29) is 29.9 Å². The molecular weight excluding hydrogens is 429 g/mol. The Kier molecular flexibility index (Phi) is 13.2. The minimum Gasteiger partial charge on any atom is -0.466 e. The number of ether oxygens (including phenoxy) is 1. The third kappa shape index (κ3) is 11.0. The topological polar surface area (TPSA) is 76.7 Å². The van der Waals surface area contributed by atoms with E-state index in [0.29, 0.717) is 31.4 Å². The average molecular weight is 461 g/mol. The summed E-state index contributed by atoms with van der Waals surface area (Å²) in [5.74, 6) is 0.828. The van der Waals surface area contributed by atoms with Crippen molar-refractivity contribution in [3.05, 3.63) is 29.8 Å². The maximum atomic E-state index is 11.2. The zero-order valence-electron chi connectivity index (χ0n) is 15.6. The first-order valence-electron chi connectivity index (χ1n) is 8.85. The van der Waals surface area contributed by atoms with Gasteiger partial charge < -0.3 is 15.8 Å². The van der Waals surface area contributed by atoms with Gasteiger partial charge in [0.1, 0.15) is 0 Å². The molecule has 0 aliphatic heterocycles. The summed E-state index contributed by atoms with van der Waals surface area (Å²) >= 11 is 0. The Hall–Kier alpha value is -1.31. The second kappa shape index (κ2) is 13.9. The van der Waals surface area contributed by atoms with Crippen molar-refractivity contribution in [2.75, 3.05) is 18.5 Å². The number of anilines is 1. The van der Waals surface area contributed by atoms with Gasteiger partial charge in [-0.1, -0.05) is 38.8 Å². The fourth-order valence-electron chi connectivity index (χ4n) is 2.33. The van der Waals surface area contributed by atoms with E-state index in [2.05, 4.69) is 36.3 Å². The van der Waals surface area contributed by atoms with E-state index in [1.807, 2.05) is 19.1 Å². The molecule has 25 heavy (non-hydrogen) atoms. The van der Waals surface area contributed by atoms with E-state index in [9.17, 15) is 4.79 Å². The molecule has 0 unspecified atom stereocenters. The molecule has 0 saturated heterocycles. The molecule has 0 saturated carbocycles. The minimum absolute atomic E-state index is 0. The van der Waals surface area contributed by atoms with Crippen LogP contribution in [0.15, 0.2) is 29.3 Å². The number of hydrogen-bond acceptors (Lipinski definition) is 3. The number of guanidine groups is 1. The van der Waals surface area contributed by atoms with Gasteiger partial charge in [0.05, 0.1) is 6.61 Å². The van der Waals surface area contributed by atoms with Crippen molar-refractivity contribution in [1.82, 2.24) is 0 Å². The van der Waals surface area contributed by atoms with E-state index in [1.165, 1.54) is 5.56 Å². The highest BCUT2D eigenvalue weighted by Gasteiger charge is 2.02. The SMILES string of the molecule is CCOC(=O)CCCCCCN=C(N)Nc1cccc(C(C)C)c1.I. The molecule has 0 aliphatic rings. The summed E-state index contributed by atoms with van der Waals surface area (Å²) in [6.07, 6.45) is 4.40. The number of carbonyl (C=O) groups excluding carboxylic acids is 1. The number of nitrogens with two attached hydrogens (primary N) is 1. The van der Waals surface area contributed by atoms with E-state index in [1.54, 1.807) is 0 Å². The lowest BCUT2D eigenvalue weighted by atomic mass is 10.0. The van der Waals surface area contributed by atoms with Gasteiger partial charge in [-0.15, -0.1) is 24.0 Å². The molecule has 0 amide bonds. The normalized spacial score (nSPS) is 11.1. The maximum absolute atomic E-state index is 11.2. The number of benzene rings is 1. The van der Waals surface area contributed by atoms with Gasteiger partial charge in [-0.2, -0.15) is 0 Å². The number of unbranched alkanes of at least 4 members (excludes halogenated alkanes) is 3. The van der Waals surface area contributed by atoms with Crippen LogP contribution in [0.3, 0.4) is 0 Å². The smallest absolute Gasteiger partial charge is 0.305 e. The van der Waals surface area contributed by atoms with Crippen molar-refractivity contribution in [1.29, 1.82) is 0 Å². The fraction of sp³-hybridized carbons (Fsp3) is 0.579. The zero-order chi connectivity index (χ0) is 17.8. The molecule has 142 valence electrons. The first-order chi connectivity index (χ1) is 11.5. The Morgan fingerprint density at radius 1 is 1.24 bits per heavy atom. The Morgan fingerprint density at radius 3 is 2.64 bits per heavy atom. The molecule has 0 fully saturated rings. The van der Waals surface area contributed by atoms with Gasteiger partial charge in [0.2, 0.25) is 0 Å². The molecule has 0 atom stereocenters. The highest BCUT2D eigenvalue weighted by Crippen LogP contribution is 2.18. The lowest BCUT2D eigenvalue weighted by molar-refractivity contribution is -0.143. The molecule has 5 nitrogen and oxygen atoms in total. The quantitative estimate of drug-likeness (QED) is 0.175. The van der Waals surface area contributed by atoms with Crippen molar-refractivity contribution in [2.24, 2.45) is 10.7 Å². The van der Waals surface area contributed by atoms with Crippen LogP contribution in [0.5, 0.6) is 0 Å². The number of nitrogens with one attached hydrogen (secondary N) is 1. The summed E-state index contributed by atoms with van der Waals surface area (Å²) in [6, 6.07) is 8.22. The summed E-state index contributed by atoms with van der Waals surface area (Å²) in [5, 5.41) is 3.13. The van der Waals surface area contributed by atoms with Gasteiger partial charge in [-0.05, 0) is 43.4 Å². The summed E-state index contributed by atoms with van der Waals surface area (Å²) in [4.78, 5) is 15.5. The average Bonchev–Trinajstić information content (AvgIpc) is 2.54. The Labute approximate surface area is 168 Å². The van der Waals surface area contributed by atoms with Gasteiger partial charge in [-0.25, -0.2) is 0 Å². The molecule has 0 bridgehead atoms. The molecule has 0 aliphatic carbocycles. The van der Waals surface area contributed by atoms with Gasteiger partial charge >= 0.3 is 5.97 Å². The van der Waals surface area contributed by atoms with Crippen molar-refractivity contribution in [3.8, 4) is 0 Å². The number of halogens is 1. The minimum atomic E-state index is -0.104. The Bertz CT molecular complexity index is 533. The maximum Gasteiger partial charge on any atom is 0.305 e. The second-order valence-electron chi connectivity index (χ2n) is 6.14. The van der Waals surface area contributed by atoms with Gasteiger partial charge in [0.15, 0.2) is 5.96 Å². The van der Waals surface area contributed by atoms with Crippen LogP contribution in [0.4, 0.5) is 5.69 Å². The second-order valence-corrected chi connectivity index (χ2v) is 6.14. The van der Waals surface area contributed by atoms with Crippen LogP contribution >= 0.6 is 24.0 Å². The lowest BCUT2D eigenvalue weighted by Gasteiger charge is -2.10. The van der Waals surface area contributed by atoms with E-state index >= 15 is 0 Å². The zero-order valence-corrected chi connectivity index (χ0v) is 17.9.